The molecule has 6 heteroatoms. The summed E-state index contributed by atoms with van der Waals surface area (Å²) in [6.45, 7) is 4.92. The monoisotopic (exact) mass is 932 g/mol. The van der Waals surface area contributed by atoms with Crippen LogP contribution in [0, 0.1) is 0 Å². The van der Waals surface area contributed by atoms with E-state index in [0.29, 0.717) is 25.9 Å². The summed E-state index contributed by atoms with van der Waals surface area (Å²) in [4.78, 5) is 24.5. The average Bonchev–Trinajstić information content (AvgIpc) is 3.32. The van der Waals surface area contributed by atoms with Crippen molar-refractivity contribution in [3.8, 4) is 0 Å². The number of amides is 1. The Balaban J connectivity index is 3.44. The van der Waals surface area contributed by atoms with E-state index in [4.69, 9.17) is 4.74 Å². The Labute approximate surface area is 412 Å². The van der Waals surface area contributed by atoms with Crippen molar-refractivity contribution < 1.29 is 24.5 Å². The Morgan fingerprint density at radius 3 is 1.11 bits per heavy atom. The third-order valence-electron chi connectivity index (χ3n) is 14.1. The maximum Gasteiger partial charge on any atom is 0.305 e. The second-order valence-electron chi connectivity index (χ2n) is 20.7. The van der Waals surface area contributed by atoms with Crippen molar-refractivity contribution in [1.29, 1.82) is 0 Å². The average molecular weight is 933 g/mol. The molecule has 0 aliphatic heterocycles. The fraction of sp³-hybridized carbons (Fsp3) is 0.933. The van der Waals surface area contributed by atoms with Crippen LogP contribution in [0.15, 0.2) is 12.2 Å². The molecule has 2 atom stereocenters. The maximum atomic E-state index is 12.5. The number of aliphatic hydroxyl groups excluding tert-OH is 2. The van der Waals surface area contributed by atoms with Crippen molar-refractivity contribution in [2.24, 2.45) is 0 Å². The lowest BCUT2D eigenvalue weighted by Crippen LogP contribution is -2.45. The largest absolute Gasteiger partial charge is 0.466 e. The Kier molecular flexibility index (Phi) is 55.0. The topological polar surface area (TPSA) is 95.9 Å². The number of carbonyl (C=O) groups excluding carboxylic acids is 2. The lowest BCUT2D eigenvalue weighted by molar-refractivity contribution is -0.143. The van der Waals surface area contributed by atoms with Gasteiger partial charge in [-0.15, -0.1) is 0 Å². The molecule has 0 rings (SSSR count). The molecule has 66 heavy (non-hydrogen) atoms. The van der Waals surface area contributed by atoms with Crippen LogP contribution in [0.1, 0.15) is 335 Å². The number of carbonyl (C=O) groups is 2. The minimum atomic E-state index is -0.675. The van der Waals surface area contributed by atoms with Gasteiger partial charge in [0, 0.05) is 12.8 Å². The van der Waals surface area contributed by atoms with E-state index in [-0.39, 0.29) is 18.5 Å². The smallest absolute Gasteiger partial charge is 0.305 e. The number of esters is 1. The van der Waals surface area contributed by atoms with E-state index < -0.39 is 12.1 Å². The SMILES string of the molecule is CCCCC/C=C\CCCCCCCC(=O)OCCCCCCCCCCCCCCC(=O)NC(CO)C(O)CCCCCCCCCCCCCCCCCCCCCCCCCCC. The van der Waals surface area contributed by atoms with Crippen LogP contribution >= 0.6 is 0 Å². The van der Waals surface area contributed by atoms with E-state index in [0.717, 1.165) is 57.8 Å². The van der Waals surface area contributed by atoms with Gasteiger partial charge in [-0.25, -0.2) is 0 Å². The summed E-state index contributed by atoms with van der Waals surface area (Å²) in [5.41, 5.74) is 0. The molecule has 0 bridgehead atoms. The molecular formula is C60H117NO5. The summed E-state index contributed by atoms with van der Waals surface area (Å²) in [6.07, 6.45) is 66.4. The van der Waals surface area contributed by atoms with E-state index in [9.17, 15) is 19.8 Å². The normalized spacial score (nSPS) is 12.6. The molecule has 0 aromatic carbocycles. The van der Waals surface area contributed by atoms with Gasteiger partial charge in [0.15, 0.2) is 0 Å². The quantitative estimate of drug-likeness (QED) is 0.0321. The Hall–Kier alpha value is -1.40. The van der Waals surface area contributed by atoms with Crippen molar-refractivity contribution in [2.45, 2.75) is 347 Å². The molecule has 0 aliphatic carbocycles. The van der Waals surface area contributed by atoms with Crippen LogP contribution < -0.4 is 5.32 Å². The molecule has 6 nitrogen and oxygen atoms in total. The highest BCUT2D eigenvalue weighted by Gasteiger charge is 2.20. The summed E-state index contributed by atoms with van der Waals surface area (Å²) >= 11 is 0. The molecule has 0 radical (unpaired) electrons. The third kappa shape index (κ3) is 52.0. The van der Waals surface area contributed by atoms with Gasteiger partial charge in [0.2, 0.25) is 5.91 Å². The van der Waals surface area contributed by atoms with Gasteiger partial charge in [0.25, 0.3) is 0 Å². The summed E-state index contributed by atoms with van der Waals surface area (Å²) in [5, 5.41) is 23.4. The highest BCUT2D eigenvalue weighted by Crippen LogP contribution is 2.18. The first-order chi connectivity index (χ1) is 32.5. The number of hydrogen-bond donors (Lipinski definition) is 3. The van der Waals surface area contributed by atoms with E-state index >= 15 is 0 Å². The minimum Gasteiger partial charge on any atom is -0.466 e. The summed E-state index contributed by atoms with van der Waals surface area (Å²) in [6, 6.07) is -0.554. The fourth-order valence-corrected chi connectivity index (χ4v) is 9.46. The van der Waals surface area contributed by atoms with Gasteiger partial charge in [-0.3, -0.25) is 9.59 Å². The molecule has 0 saturated carbocycles. The predicted octanol–water partition coefficient (Wildman–Crippen LogP) is 18.5. The number of hydrogen-bond acceptors (Lipinski definition) is 5. The van der Waals surface area contributed by atoms with Crippen LogP contribution in [0.3, 0.4) is 0 Å². The van der Waals surface area contributed by atoms with Crippen LogP contribution in [-0.2, 0) is 14.3 Å². The van der Waals surface area contributed by atoms with Crippen LogP contribution in [0.4, 0.5) is 0 Å². The molecule has 0 fully saturated rings. The number of unbranched alkanes of at least 4 members (excludes halogenated alkanes) is 43. The number of ether oxygens (including phenoxy) is 1. The highest BCUT2D eigenvalue weighted by atomic mass is 16.5. The second-order valence-corrected chi connectivity index (χ2v) is 20.7. The van der Waals surface area contributed by atoms with Crippen molar-refractivity contribution in [2.75, 3.05) is 13.2 Å². The van der Waals surface area contributed by atoms with Gasteiger partial charge >= 0.3 is 5.97 Å². The number of nitrogens with one attached hydrogen (secondary N) is 1. The Morgan fingerprint density at radius 2 is 0.712 bits per heavy atom. The van der Waals surface area contributed by atoms with Gasteiger partial charge in [-0.05, 0) is 51.4 Å². The van der Waals surface area contributed by atoms with Gasteiger partial charge < -0.3 is 20.3 Å². The van der Waals surface area contributed by atoms with E-state index in [1.54, 1.807) is 0 Å². The van der Waals surface area contributed by atoms with Gasteiger partial charge in [-0.2, -0.15) is 0 Å². The van der Waals surface area contributed by atoms with Crippen molar-refractivity contribution >= 4 is 11.9 Å². The molecule has 0 spiro atoms. The fourth-order valence-electron chi connectivity index (χ4n) is 9.46. The zero-order valence-electron chi connectivity index (χ0n) is 44.7. The number of aliphatic hydroxyl groups is 2. The molecule has 3 N–H and O–H groups in total. The molecule has 392 valence electrons. The molecule has 0 aromatic heterocycles. The molecule has 0 saturated heterocycles. The van der Waals surface area contributed by atoms with Crippen LogP contribution in [0.25, 0.3) is 0 Å². The molecule has 0 heterocycles. The minimum absolute atomic E-state index is 0.0180. The summed E-state index contributed by atoms with van der Waals surface area (Å²) in [5.74, 6) is -0.0651. The summed E-state index contributed by atoms with van der Waals surface area (Å²) in [7, 11) is 0. The molecule has 2 unspecified atom stereocenters. The summed E-state index contributed by atoms with van der Waals surface area (Å²) < 4.78 is 5.45. The Morgan fingerprint density at radius 1 is 0.409 bits per heavy atom. The van der Waals surface area contributed by atoms with Crippen LogP contribution in [0.2, 0.25) is 0 Å². The molecule has 1 amide bonds. The lowest BCUT2D eigenvalue weighted by atomic mass is 10.0. The number of rotatable bonds is 56. The molecular weight excluding hydrogens is 815 g/mol. The van der Waals surface area contributed by atoms with Crippen molar-refractivity contribution in [3.05, 3.63) is 12.2 Å². The van der Waals surface area contributed by atoms with Crippen LogP contribution in [0.5, 0.6) is 0 Å². The standard InChI is InChI=1S/C60H117NO5/c1-3-5-7-9-11-13-15-17-18-19-20-21-22-23-24-25-26-27-28-29-32-36-40-44-48-52-58(63)57(56-62)61-59(64)53-49-45-41-37-33-30-31-35-39-43-47-51-55-66-60(65)54-50-46-42-38-34-16-14-12-10-8-6-4-2/h12,14,57-58,62-63H,3-11,13,15-56H2,1-2H3,(H,61,64)/b14-12-. The first-order valence-corrected chi connectivity index (χ1v) is 29.9. The van der Waals surface area contributed by atoms with Gasteiger partial charge in [-0.1, -0.05) is 283 Å². The lowest BCUT2D eigenvalue weighted by Gasteiger charge is -2.22. The van der Waals surface area contributed by atoms with Gasteiger partial charge in [0.05, 0.1) is 25.4 Å². The highest BCUT2D eigenvalue weighted by molar-refractivity contribution is 5.76. The van der Waals surface area contributed by atoms with E-state index in [2.05, 4.69) is 31.3 Å². The molecule has 0 aromatic rings. The first kappa shape index (κ1) is 64.6. The van der Waals surface area contributed by atoms with Crippen LogP contribution in [-0.4, -0.2) is 47.4 Å². The Bertz CT molecular complexity index is 986. The zero-order chi connectivity index (χ0) is 47.9. The van der Waals surface area contributed by atoms with Gasteiger partial charge in [0.1, 0.15) is 0 Å². The molecule has 0 aliphatic rings. The van der Waals surface area contributed by atoms with E-state index in [1.165, 1.54) is 244 Å². The second kappa shape index (κ2) is 56.2. The maximum absolute atomic E-state index is 12.5. The third-order valence-corrected chi connectivity index (χ3v) is 14.1. The van der Waals surface area contributed by atoms with E-state index in [1.807, 2.05) is 0 Å². The number of allylic oxidation sites excluding steroid dienone is 2. The first-order valence-electron chi connectivity index (χ1n) is 29.9. The zero-order valence-corrected chi connectivity index (χ0v) is 44.7. The predicted molar refractivity (Wildman–Crippen MR) is 287 cm³/mol. The van der Waals surface area contributed by atoms with Crippen molar-refractivity contribution in [1.82, 2.24) is 5.32 Å². The van der Waals surface area contributed by atoms with Crippen molar-refractivity contribution in [3.63, 3.8) is 0 Å².